The number of esters is 1. The number of hydrogen-bond acceptors (Lipinski definition) is 3. The summed E-state index contributed by atoms with van der Waals surface area (Å²) in [5, 5.41) is 2.93. The van der Waals surface area contributed by atoms with Crippen LogP contribution >= 0.6 is 0 Å². The Bertz CT molecular complexity index is 707. The molecule has 2 fully saturated rings. The monoisotopic (exact) mass is 349 g/mol. The first kappa shape index (κ1) is 17.9. The molecule has 1 amide bonds. The first-order valence-electron chi connectivity index (χ1n) is 8.96. The van der Waals surface area contributed by atoms with Crippen LogP contribution in [0.3, 0.4) is 0 Å². The number of likely N-dealkylation sites (N-methyl/N-ethyl adjacent to an activating group) is 1. The summed E-state index contributed by atoms with van der Waals surface area (Å²) in [4.78, 5) is 25.3. The molecule has 0 unspecified atom stereocenters. The number of nitrogens with one attached hydrogen (secondary N) is 1. The van der Waals surface area contributed by atoms with Crippen LogP contribution in [-0.4, -0.2) is 48.6 Å². The normalized spacial score (nSPS) is 20.2. The first-order valence-corrected chi connectivity index (χ1v) is 8.96. The highest BCUT2D eigenvalue weighted by Gasteiger charge is 2.64. The topological polar surface area (TPSA) is 55.4 Å². The minimum atomic E-state index is -0.619. The van der Waals surface area contributed by atoms with E-state index in [9.17, 15) is 14.0 Å². The number of quaternary nitrogens is 1. The lowest BCUT2D eigenvalue weighted by molar-refractivity contribution is -0.923. The zero-order valence-electron chi connectivity index (χ0n) is 15.2. The van der Waals surface area contributed by atoms with Crippen LogP contribution in [0.25, 0.3) is 0 Å². The van der Waals surface area contributed by atoms with Crippen LogP contribution in [0.15, 0.2) is 12.1 Å². The predicted octanol–water partition coefficient (Wildman–Crippen LogP) is 3.02. The summed E-state index contributed by atoms with van der Waals surface area (Å²) in [5.41, 5.74) is 0.550. The van der Waals surface area contributed by atoms with Gasteiger partial charge >= 0.3 is 5.97 Å². The molecular formula is C19H26FN2O3+. The summed E-state index contributed by atoms with van der Waals surface area (Å²) in [6.45, 7) is 5.58. The van der Waals surface area contributed by atoms with Crippen LogP contribution in [0, 0.1) is 12.7 Å². The highest BCUT2D eigenvalue weighted by Crippen LogP contribution is 2.49. The standard InChI is InChI=1S/C19H25FN2O3/c1-4-25-17(23)15-12-14(20)11-13(2)16(15)21-18(24)19(7-8-19)22(3)9-5-6-10-22/h11-12H,4-10H2,1-3H3/p+1. The first-order chi connectivity index (χ1) is 11.8. The zero-order valence-corrected chi connectivity index (χ0v) is 15.2. The predicted molar refractivity (Wildman–Crippen MR) is 92.8 cm³/mol. The lowest BCUT2D eigenvalue weighted by Crippen LogP contribution is -2.57. The number of rotatable bonds is 5. The average molecular weight is 349 g/mol. The fraction of sp³-hybridized carbons (Fsp3) is 0.579. The van der Waals surface area contributed by atoms with Gasteiger partial charge in [-0.25, -0.2) is 9.18 Å². The number of halogens is 1. The molecule has 1 saturated carbocycles. The molecule has 0 bridgehead atoms. The summed E-state index contributed by atoms with van der Waals surface area (Å²) in [7, 11) is 2.14. The summed E-state index contributed by atoms with van der Waals surface area (Å²) >= 11 is 0. The third kappa shape index (κ3) is 3.03. The van der Waals surface area contributed by atoms with E-state index in [-0.39, 0.29) is 18.1 Å². The molecule has 0 aromatic heterocycles. The van der Waals surface area contributed by atoms with Crippen molar-refractivity contribution in [3.8, 4) is 0 Å². The molecule has 6 heteroatoms. The molecule has 136 valence electrons. The molecule has 1 aliphatic carbocycles. The van der Waals surface area contributed by atoms with E-state index in [1.165, 1.54) is 6.07 Å². The van der Waals surface area contributed by atoms with Crippen molar-refractivity contribution in [2.75, 3.05) is 32.1 Å². The number of nitrogens with zero attached hydrogens (tertiary/aromatic N) is 1. The van der Waals surface area contributed by atoms with Gasteiger partial charge in [-0.05, 0) is 31.5 Å². The number of carbonyl (C=O) groups is 2. The van der Waals surface area contributed by atoms with Crippen molar-refractivity contribution in [3.05, 3.63) is 29.1 Å². The van der Waals surface area contributed by atoms with Crippen LogP contribution in [0.5, 0.6) is 0 Å². The second-order valence-electron chi connectivity index (χ2n) is 7.40. The van der Waals surface area contributed by atoms with Gasteiger partial charge in [0.05, 0.1) is 38.0 Å². The molecule has 3 rings (SSSR count). The van der Waals surface area contributed by atoms with Gasteiger partial charge in [-0.1, -0.05) is 0 Å². The van der Waals surface area contributed by atoms with E-state index in [1.54, 1.807) is 13.8 Å². The fourth-order valence-electron chi connectivity index (χ4n) is 4.10. The summed E-state index contributed by atoms with van der Waals surface area (Å²) in [6, 6.07) is 2.45. The second kappa shape index (κ2) is 6.41. The maximum Gasteiger partial charge on any atom is 0.340 e. The van der Waals surface area contributed by atoms with Gasteiger partial charge in [0.15, 0.2) is 5.54 Å². The zero-order chi connectivity index (χ0) is 18.2. The second-order valence-corrected chi connectivity index (χ2v) is 7.40. The minimum absolute atomic E-state index is 0.0721. The Balaban J connectivity index is 1.90. The Kier molecular flexibility index (Phi) is 4.58. The van der Waals surface area contributed by atoms with E-state index in [2.05, 4.69) is 12.4 Å². The Morgan fingerprint density at radius 1 is 1.28 bits per heavy atom. The molecule has 5 nitrogen and oxygen atoms in total. The quantitative estimate of drug-likeness (QED) is 0.657. The average Bonchev–Trinajstić information content (AvgIpc) is 3.27. The maximum atomic E-state index is 13.8. The number of anilines is 1. The number of aryl methyl sites for hydroxylation is 1. The van der Waals surface area contributed by atoms with Gasteiger partial charge in [0, 0.05) is 25.7 Å². The molecule has 1 saturated heterocycles. The molecule has 0 spiro atoms. The third-order valence-electron chi connectivity index (χ3n) is 5.77. The van der Waals surface area contributed by atoms with Crippen molar-refractivity contribution < 1.29 is 23.2 Å². The van der Waals surface area contributed by atoms with Gasteiger partial charge in [0.2, 0.25) is 0 Å². The van der Waals surface area contributed by atoms with Gasteiger partial charge < -0.3 is 14.5 Å². The molecule has 25 heavy (non-hydrogen) atoms. The molecular weight excluding hydrogens is 323 g/mol. The van der Waals surface area contributed by atoms with Crippen LogP contribution in [0.1, 0.15) is 48.5 Å². The largest absolute Gasteiger partial charge is 0.462 e. The van der Waals surface area contributed by atoms with E-state index in [0.717, 1.165) is 49.3 Å². The SMILES string of the molecule is CCOC(=O)c1cc(F)cc(C)c1NC(=O)C1([N+]2(C)CCCC2)CC1. The minimum Gasteiger partial charge on any atom is -0.462 e. The third-order valence-corrected chi connectivity index (χ3v) is 5.77. The Morgan fingerprint density at radius 3 is 2.48 bits per heavy atom. The van der Waals surface area contributed by atoms with Crippen molar-refractivity contribution in [2.24, 2.45) is 0 Å². The highest BCUT2D eigenvalue weighted by atomic mass is 19.1. The van der Waals surface area contributed by atoms with Crippen LogP contribution in [0.4, 0.5) is 10.1 Å². The van der Waals surface area contributed by atoms with Crippen molar-refractivity contribution in [2.45, 2.75) is 45.1 Å². The Hall–Kier alpha value is -1.95. The lowest BCUT2D eigenvalue weighted by atomic mass is 10.1. The summed E-state index contributed by atoms with van der Waals surface area (Å²) in [5.74, 6) is -1.21. The summed E-state index contributed by atoms with van der Waals surface area (Å²) < 4.78 is 19.6. The molecule has 1 aliphatic heterocycles. The van der Waals surface area contributed by atoms with E-state index < -0.39 is 17.3 Å². The maximum absolute atomic E-state index is 13.8. The van der Waals surface area contributed by atoms with Crippen molar-refractivity contribution in [1.29, 1.82) is 0 Å². The Morgan fingerprint density at radius 2 is 1.92 bits per heavy atom. The Labute approximate surface area is 147 Å². The molecule has 1 aromatic carbocycles. The molecule has 1 aromatic rings. The molecule has 0 radical (unpaired) electrons. The number of likely N-dealkylation sites (tertiary alicyclic amines) is 1. The van der Waals surface area contributed by atoms with Crippen molar-refractivity contribution in [3.63, 3.8) is 0 Å². The number of ether oxygens (including phenoxy) is 1. The summed E-state index contributed by atoms with van der Waals surface area (Å²) in [6.07, 6.45) is 3.97. The van der Waals surface area contributed by atoms with Crippen molar-refractivity contribution >= 4 is 17.6 Å². The van der Waals surface area contributed by atoms with Gasteiger partial charge in [-0.15, -0.1) is 0 Å². The van der Waals surface area contributed by atoms with Crippen LogP contribution < -0.4 is 5.32 Å². The van der Waals surface area contributed by atoms with Gasteiger partial charge in [-0.3, -0.25) is 4.79 Å². The fourth-order valence-corrected chi connectivity index (χ4v) is 4.10. The molecule has 0 atom stereocenters. The van der Waals surface area contributed by atoms with E-state index in [4.69, 9.17) is 4.74 Å². The number of hydrogen-bond donors (Lipinski definition) is 1. The molecule has 1 heterocycles. The number of amides is 1. The smallest absolute Gasteiger partial charge is 0.340 e. The van der Waals surface area contributed by atoms with Gasteiger partial charge in [0.1, 0.15) is 5.82 Å². The van der Waals surface area contributed by atoms with Gasteiger partial charge in [-0.2, -0.15) is 0 Å². The van der Waals surface area contributed by atoms with Crippen LogP contribution in [0.2, 0.25) is 0 Å². The van der Waals surface area contributed by atoms with Crippen LogP contribution in [-0.2, 0) is 9.53 Å². The highest BCUT2D eigenvalue weighted by molar-refractivity contribution is 6.05. The lowest BCUT2D eigenvalue weighted by Gasteiger charge is -2.37. The number of benzene rings is 1. The van der Waals surface area contributed by atoms with E-state index in [1.807, 2.05) is 0 Å². The molecule has 2 aliphatic rings. The van der Waals surface area contributed by atoms with Crippen molar-refractivity contribution in [1.82, 2.24) is 0 Å². The van der Waals surface area contributed by atoms with E-state index >= 15 is 0 Å². The van der Waals surface area contributed by atoms with E-state index in [0.29, 0.717) is 11.3 Å². The molecule has 1 N–H and O–H groups in total. The number of carbonyl (C=O) groups excluding carboxylic acids is 2. The van der Waals surface area contributed by atoms with Gasteiger partial charge in [0.25, 0.3) is 5.91 Å².